The van der Waals surface area contributed by atoms with Crippen LogP contribution in [0, 0.1) is 17.0 Å². The number of ether oxygens (including phenoxy) is 2. The average molecular weight is 622 g/mol. The molecule has 10 nitrogen and oxygen atoms in total. The molecule has 0 radical (unpaired) electrons. The molecular weight excluding hydrogens is 594 g/mol. The molecule has 0 fully saturated rings. The van der Waals surface area contributed by atoms with Gasteiger partial charge in [0.2, 0.25) is 0 Å². The molecule has 1 aliphatic heterocycles. The van der Waals surface area contributed by atoms with E-state index < -0.39 is 22.5 Å². The summed E-state index contributed by atoms with van der Waals surface area (Å²) in [6.07, 6.45) is 2.79. The van der Waals surface area contributed by atoms with Gasteiger partial charge in [-0.2, -0.15) is 0 Å². The number of halogens is 1. The number of rotatable bonds is 9. The third-order valence-electron chi connectivity index (χ3n) is 6.97. The van der Waals surface area contributed by atoms with E-state index in [1.165, 1.54) is 17.7 Å². The molecule has 43 heavy (non-hydrogen) atoms. The summed E-state index contributed by atoms with van der Waals surface area (Å²) in [4.78, 5) is 43.6. The molecule has 1 atom stereocenters. The average Bonchev–Trinajstić information content (AvgIpc) is 3.57. The van der Waals surface area contributed by atoms with Gasteiger partial charge in [0.1, 0.15) is 23.3 Å². The molecule has 222 valence electrons. The van der Waals surface area contributed by atoms with Gasteiger partial charge in [0.05, 0.1) is 34.4 Å². The van der Waals surface area contributed by atoms with E-state index in [2.05, 4.69) is 0 Å². The third-order valence-corrected chi connectivity index (χ3v) is 8.19. The van der Waals surface area contributed by atoms with Gasteiger partial charge in [-0.05, 0) is 50.6 Å². The third kappa shape index (κ3) is 5.78. The highest BCUT2D eigenvalue weighted by Gasteiger charge is 2.36. The summed E-state index contributed by atoms with van der Waals surface area (Å²) in [6.45, 7) is 5.51. The fourth-order valence-electron chi connectivity index (χ4n) is 5.01. The van der Waals surface area contributed by atoms with Crippen LogP contribution in [-0.4, -0.2) is 29.2 Å². The van der Waals surface area contributed by atoms with E-state index in [1.54, 1.807) is 62.4 Å². The van der Waals surface area contributed by atoms with Crippen molar-refractivity contribution in [3.8, 4) is 17.1 Å². The van der Waals surface area contributed by atoms with Gasteiger partial charge < -0.3 is 13.9 Å². The van der Waals surface area contributed by atoms with Gasteiger partial charge in [0.25, 0.3) is 11.2 Å². The molecule has 2 aromatic heterocycles. The molecule has 0 N–H and O–H groups in total. The van der Waals surface area contributed by atoms with Gasteiger partial charge in [0, 0.05) is 33.9 Å². The second-order valence-corrected chi connectivity index (χ2v) is 11.2. The molecule has 2 aromatic carbocycles. The molecule has 3 heterocycles. The summed E-state index contributed by atoms with van der Waals surface area (Å²) in [5, 5.41) is 11.8. The lowest BCUT2D eigenvalue weighted by molar-refractivity contribution is -0.385. The number of furan rings is 1. The molecule has 1 aliphatic rings. The van der Waals surface area contributed by atoms with Crippen molar-refractivity contribution in [1.82, 2.24) is 4.57 Å². The number of nitrogens with zero attached hydrogens (tertiary/aromatic N) is 3. The predicted molar refractivity (Wildman–Crippen MR) is 163 cm³/mol. The molecule has 0 saturated heterocycles. The Kier molecular flexibility index (Phi) is 8.65. The molecule has 0 saturated carbocycles. The maximum atomic E-state index is 14.0. The summed E-state index contributed by atoms with van der Waals surface area (Å²) >= 11 is 7.56. The highest BCUT2D eigenvalue weighted by Crippen LogP contribution is 2.38. The first-order valence-corrected chi connectivity index (χ1v) is 14.8. The highest BCUT2D eigenvalue weighted by atomic mass is 35.5. The standard InChI is InChI=1S/C31H28ClN3O7S/c1-5-7-22-27(30(37)41-6-2)28(21-15-19(32)10-12-25(21)40-4)34-29(36)26(43-31(34)33-22)16-20-11-13-24(42-20)18-9-8-17(3)23(14-18)35(38)39/h8-16,28H,5-7H2,1-4H3/b26-16+/t28-/m1/s1. The number of methoxy groups -OCH3 is 1. The van der Waals surface area contributed by atoms with Crippen LogP contribution in [0.4, 0.5) is 5.69 Å². The number of fused-ring (bicyclic) bond motifs is 1. The van der Waals surface area contributed by atoms with Crippen molar-refractivity contribution < 1.29 is 23.6 Å². The number of allylic oxidation sites excluding steroid dienone is 1. The Labute approximate surface area is 255 Å². The van der Waals surface area contributed by atoms with E-state index in [4.69, 9.17) is 30.5 Å². The SMILES string of the molecule is CCCC1=C(C(=O)OCC)[C@@H](c2cc(Cl)ccc2OC)n2c(s/c(=C/c3ccc(-c4ccc(C)c([N+](=O)[O-])c4)o3)c2=O)=N1. The van der Waals surface area contributed by atoms with Crippen LogP contribution in [-0.2, 0) is 9.53 Å². The van der Waals surface area contributed by atoms with Crippen molar-refractivity contribution in [3.63, 3.8) is 0 Å². The zero-order chi connectivity index (χ0) is 30.8. The summed E-state index contributed by atoms with van der Waals surface area (Å²) < 4.78 is 18.8. The van der Waals surface area contributed by atoms with Crippen LogP contribution in [0.25, 0.3) is 17.4 Å². The van der Waals surface area contributed by atoms with Crippen molar-refractivity contribution >= 4 is 40.7 Å². The molecule has 12 heteroatoms. The summed E-state index contributed by atoms with van der Waals surface area (Å²) in [5.41, 5.74) is 1.98. The number of nitro groups is 1. The molecule has 0 amide bonds. The topological polar surface area (TPSA) is 126 Å². The normalized spacial score (nSPS) is 14.8. The Hall–Kier alpha value is -4.48. The maximum Gasteiger partial charge on any atom is 0.338 e. The first kappa shape index (κ1) is 30.0. The lowest BCUT2D eigenvalue weighted by Gasteiger charge is -2.27. The van der Waals surface area contributed by atoms with E-state index in [0.29, 0.717) is 66.9 Å². The molecule has 5 rings (SSSR count). The van der Waals surface area contributed by atoms with Crippen molar-refractivity contribution in [2.45, 2.75) is 39.7 Å². The van der Waals surface area contributed by atoms with Crippen LogP contribution in [0.3, 0.4) is 0 Å². The number of hydrogen-bond donors (Lipinski definition) is 0. The highest BCUT2D eigenvalue weighted by molar-refractivity contribution is 7.07. The predicted octanol–water partition coefficient (Wildman–Crippen LogP) is 5.72. The van der Waals surface area contributed by atoms with Crippen LogP contribution >= 0.6 is 22.9 Å². The molecule has 0 unspecified atom stereocenters. The second-order valence-electron chi connectivity index (χ2n) is 9.76. The quantitative estimate of drug-likeness (QED) is 0.133. The number of benzene rings is 2. The van der Waals surface area contributed by atoms with Gasteiger partial charge in [-0.25, -0.2) is 9.79 Å². The van der Waals surface area contributed by atoms with Crippen LogP contribution in [0.1, 0.15) is 49.6 Å². The van der Waals surface area contributed by atoms with Gasteiger partial charge in [-0.15, -0.1) is 0 Å². The van der Waals surface area contributed by atoms with Crippen molar-refractivity contribution in [3.05, 3.63) is 112 Å². The maximum absolute atomic E-state index is 14.0. The number of carbonyl (C=O) groups excluding carboxylic acids is 1. The van der Waals surface area contributed by atoms with Crippen LogP contribution in [0.2, 0.25) is 5.02 Å². The zero-order valence-electron chi connectivity index (χ0n) is 23.9. The molecule has 0 spiro atoms. The minimum atomic E-state index is -0.895. The first-order valence-electron chi connectivity index (χ1n) is 13.6. The Bertz CT molecular complexity index is 1950. The fourth-order valence-corrected chi connectivity index (χ4v) is 6.19. The van der Waals surface area contributed by atoms with E-state index in [0.717, 1.165) is 11.3 Å². The number of thiazole rings is 1. The monoisotopic (exact) mass is 621 g/mol. The smallest absolute Gasteiger partial charge is 0.338 e. The largest absolute Gasteiger partial charge is 0.496 e. The van der Waals surface area contributed by atoms with Crippen molar-refractivity contribution in [2.24, 2.45) is 4.99 Å². The number of esters is 1. The van der Waals surface area contributed by atoms with E-state index in [-0.39, 0.29) is 17.9 Å². The number of aromatic nitrogens is 1. The minimum absolute atomic E-state index is 0.0134. The molecule has 4 aromatic rings. The van der Waals surface area contributed by atoms with Gasteiger partial charge in [-0.1, -0.05) is 48.4 Å². The van der Waals surface area contributed by atoms with Crippen molar-refractivity contribution in [2.75, 3.05) is 13.7 Å². The fraction of sp³-hybridized carbons (Fsp3) is 0.258. The summed E-state index contributed by atoms with van der Waals surface area (Å²) in [5.74, 6) is 0.669. The van der Waals surface area contributed by atoms with Gasteiger partial charge in [-0.3, -0.25) is 19.5 Å². The number of aryl methyl sites for hydroxylation is 1. The first-order chi connectivity index (χ1) is 20.7. The van der Waals surface area contributed by atoms with Crippen LogP contribution < -0.4 is 19.6 Å². The second kappa shape index (κ2) is 12.4. The van der Waals surface area contributed by atoms with Gasteiger partial charge in [0.15, 0.2) is 4.80 Å². The Morgan fingerprint density at radius 3 is 2.70 bits per heavy atom. The van der Waals surface area contributed by atoms with Crippen LogP contribution in [0.5, 0.6) is 5.75 Å². The Balaban J connectivity index is 1.69. The lowest BCUT2D eigenvalue weighted by Crippen LogP contribution is -2.40. The molecule has 0 aliphatic carbocycles. The Morgan fingerprint density at radius 2 is 2.00 bits per heavy atom. The minimum Gasteiger partial charge on any atom is -0.496 e. The molecular formula is C31H28ClN3O7S. The Morgan fingerprint density at radius 1 is 1.21 bits per heavy atom. The van der Waals surface area contributed by atoms with Crippen LogP contribution in [0.15, 0.2) is 74.0 Å². The van der Waals surface area contributed by atoms with E-state index in [9.17, 15) is 19.7 Å². The summed E-state index contributed by atoms with van der Waals surface area (Å²) in [7, 11) is 1.51. The molecule has 0 bridgehead atoms. The zero-order valence-corrected chi connectivity index (χ0v) is 25.5. The van der Waals surface area contributed by atoms with Gasteiger partial charge >= 0.3 is 5.97 Å². The summed E-state index contributed by atoms with van der Waals surface area (Å²) in [6, 6.07) is 12.4. The van der Waals surface area contributed by atoms with Crippen molar-refractivity contribution in [1.29, 1.82) is 0 Å². The van der Waals surface area contributed by atoms with E-state index in [1.807, 2.05) is 6.92 Å². The number of hydrogen-bond acceptors (Lipinski definition) is 9. The number of nitro benzene ring substituents is 1. The lowest BCUT2D eigenvalue weighted by atomic mass is 9.93. The number of carbonyl (C=O) groups is 1. The van der Waals surface area contributed by atoms with E-state index >= 15 is 0 Å².